The fourth-order valence-corrected chi connectivity index (χ4v) is 3.73. The maximum atomic E-state index is 5.45. The number of benzene rings is 1. The first-order valence-electron chi connectivity index (χ1n) is 7.97. The van der Waals surface area contributed by atoms with Gasteiger partial charge in [0.05, 0.1) is 7.11 Å². The van der Waals surface area contributed by atoms with Crippen LogP contribution in [0.25, 0.3) is 0 Å². The molecule has 0 saturated heterocycles. The average Bonchev–Trinajstić information content (AvgIpc) is 2.67. The van der Waals surface area contributed by atoms with Gasteiger partial charge in [0.1, 0.15) is 5.75 Å². The molecule has 0 heterocycles. The van der Waals surface area contributed by atoms with E-state index in [0.29, 0.717) is 5.92 Å². The van der Waals surface area contributed by atoms with Crippen LogP contribution in [-0.4, -0.2) is 20.7 Å². The summed E-state index contributed by atoms with van der Waals surface area (Å²) < 4.78 is 5.45. The van der Waals surface area contributed by atoms with Crippen molar-refractivity contribution in [2.24, 2.45) is 5.92 Å². The second kappa shape index (κ2) is 7.12. The molecule has 1 fully saturated rings. The maximum absolute atomic E-state index is 5.45. The van der Waals surface area contributed by atoms with Gasteiger partial charge in [0.2, 0.25) is 0 Å². The van der Waals surface area contributed by atoms with Gasteiger partial charge in [0.25, 0.3) is 0 Å². The monoisotopic (exact) mass is 275 g/mol. The molecule has 2 unspecified atom stereocenters. The Morgan fingerprint density at radius 3 is 2.55 bits per heavy atom. The number of nitrogens with one attached hydrogen (secondary N) is 1. The molecule has 1 aliphatic rings. The van der Waals surface area contributed by atoms with E-state index in [0.717, 1.165) is 18.2 Å². The Labute approximate surface area is 123 Å². The van der Waals surface area contributed by atoms with Crippen LogP contribution in [0.2, 0.25) is 0 Å². The lowest BCUT2D eigenvalue weighted by atomic mass is 9.80. The van der Waals surface area contributed by atoms with Gasteiger partial charge in [-0.15, -0.1) is 0 Å². The van der Waals surface area contributed by atoms with Crippen molar-refractivity contribution in [1.29, 1.82) is 0 Å². The van der Waals surface area contributed by atoms with Crippen LogP contribution in [0.5, 0.6) is 5.75 Å². The largest absolute Gasteiger partial charge is 0.496 e. The van der Waals surface area contributed by atoms with Gasteiger partial charge in [0, 0.05) is 0 Å². The van der Waals surface area contributed by atoms with Crippen molar-refractivity contribution in [3.05, 3.63) is 28.8 Å². The van der Waals surface area contributed by atoms with E-state index >= 15 is 0 Å². The number of rotatable bonds is 4. The molecule has 0 aromatic heterocycles. The second-order valence-electron chi connectivity index (χ2n) is 6.24. The summed E-state index contributed by atoms with van der Waals surface area (Å²) in [5.41, 5.74) is 4.20. The zero-order chi connectivity index (χ0) is 14.5. The smallest absolute Gasteiger partial charge is 0.122 e. The minimum atomic E-state index is 0.703. The number of ether oxygens (including phenoxy) is 1. The first-order chi connectivity index (χ1) is 9.67. The fourth-order valence-electron chi connectivity index (χ4n) is 3.73. The molecule has 1 aromatic rings. The summed E-state index contributed by atoms with van der Waals surface area (Å²) in [6.45, 7) is 5.53. The molecule has 1 saturated carbocycles. The van der Waals surface area contributed by atoms with Crippen molar-refractivity contribution in [3.8, 4) is 5.75 Å². The topological polar surface area (TPSA) is 21.3 Å². The quantitative estimate of drug-likeness (QED) is 0.832. The second-order valence-corrected chi connectivity index (χ2v) is 6.24. The van der Waals surface area contributed by atoms with Crippen molar-refractivity contribution in [2.45, 2.75) is 51.9 Å². The van der Waals surface area contributed by atoms with Crippen LogP contribution in [0.1, 0.15) is 54.7 Å². The van der Waals surface area contributed by atoms with Crippen molar-refractivity contribution >= 4 is 0 Å². The van der Waals surface area contributed by atoms with E-state index < -0.39 is 0 Å². The molecule has 0 spiro atoms. The lowest BCUT2D eigenvalue weighted by Crippen LogP contribution is -2.24. The molecule has 0 amide bonds. The van der Waals surface area contributed by atoms with E-state index in [9.17, 15) is 0 Å². The summed E-state index contributed by atoms with van der Waals surface area (Å²) in [7, 11) is 3.84. The molecule has 0 bridgehead atoms. The van der Waals surface area contributed by atoms with Gasteiger partial charge in [-0.25, -0.2) is 0 Å². The van der Waals surface area contributed by atoms with E-state index in [-0.39, 0.29) is 0 Å². The Kier molecular flexibility index (Phi) is 5.47. The van der Waals surface area contributed by atoms with Crippen LogP contribution in [0.15, 0.2) is 12.1 Å². The summed E-state index contributed by atoms with van der Waals surface area (Å²) in [5.74, 6) is 2.49. The molecule has 2 nitrogen and oxygen atoms in total. The number of aryl methyl sites for hydroxylation is 2. The van der Waals surface area contributed by atoms with Crippen LogP contribution in [0.3, 0.4) is 0 Å². The van der Waals surface area contributed by atoms with E-state index in [1.54, 1.807) is 12.7 Å². The fraction of sp³-hybridized carbons (Fsp3) is 0.667. The molecule has 1 N–H and O–H groups in total. The van der Waals surface area contributed by atoms with Gasteiger partial charge in [-0.2, -0.15) is 0 Å². The predicted molar refractivity (Wildman–Crippen MR) is 85.7 cm³/mol. The molecule has 1 aliphatic carbocycles. The Hall–Kier alpha value is -1.02. The first-order valence-corrected chi connectivity index (χ1v) is 7.97. The normalized spacial score (nSPS) is 23.4. The zero-order valence-corrected chi connectivity index (χ0v) is 13.5. The summed E-state index contributed by atoms with van der Waals surface area (Å²) in [4.78, 5) is 0. The van der Waals surface area contributed by atoms with Crippen LogP contribution >= 0.6 is 0 Å². The van der Waals surface area contributed by atoms with Crippen molar-refractivity contribution in [3.63, 3.8) is 0 Å². The van der Waals surface area contributed by atoms with E-state index in [4.69, 9.17) is 4.74 Å². The highest BCUT2D eigenvalue weighted by Crippen LogP contribution is 2.39. The Morgan fingerprint density at radius 2 is 1.85 bits per heavy atom. The maximum Gasteiger partial charge on any atom is 0.122 e. The zero-order valence-electron chi connectivity index (χ0n) is 13.5. The molecular formula is C18H29NO. The van der Waals surface area contributed by atoms with Gasteiger partial charge in [-0.1, -0.05) is 25.3 Å². The highest BCUT2D eigenvalue weighted by molar-refractivity contribution is 5.43. The molecule has 2 heteroatoms. The third kappa shape index (κ3) is 3.35. The molecule has 0 radical (unpaired) electrons. The predicted octanol–water partition coefficient (Wildman–Crippen LogP) is 4.20. The van der Waals surface area contributed by atoms with E-state index in [2.05, 4.69) is 38.3 Å². The Balaban J connectivity index is 2.33. The molecule has 112 valence electrons. The van der Waals surface area contributed by atoms with Gasteiger partial charge in [-0.3, -0.25) is 0 Å². The third-order valence-corrected chi connectivity index (χ3v) is 4.81. The molecule has 0 aliphatic heterocycles. The first kappa shape index (κ1) is 15.4. The standard InChI is InChI=1S/C18H29NO/c1-13-11-18(20-4)14(2)10-17(13)16-9-7-5-6-8-15(16)12-19-3/h10-11,15-16,19H,5-9,12H2,1-4H3. The van der Waals surface area contributed by atoms with Crippen LogP contribution in [0.4, 0.5) is 0 Å². The summed E-state index contributed by atoms with van der Waals surface area (Å²) in [5, 5.41) is 3.40. The number of methoxy groups -OCH3 is 1. The average molecular weight is 275 g/mol. The van der Waals surface area contributed by atoms with Gasteiger partial charge < -0.3 is 10.1 Å². The molecule has 2 atom stereocenters. The van der Waals surface area contributed by atoms with Crippen LogP contribution in [0, 0.1) is 19.8 Å². The number of hydrogen-bond donors (Lipinski definition) is 1. The van der Waals surface area contributed by atoms with Gasteiger partial charge >= 0.3 is 0 Å². The Morgan fingerprint density at radius 1 is 1.10 bits per heavy atom. The molecule has 1 aromatic carbocycles. The molecular weight excluding hydrogens is 246 g/mol. The number of hydrogen-bond acceptors (Lipinski definition) is 2. The molecule has 20 heavy (non-hydrogen) atoms. The van der Waals surface area contributed by atoms with Crippen molar-refractivity contribution in [2.75, 3.05) is 20.7 Å². The highest BCUT2D eigenvalue weighted by atomic mass is 16.5. The van der Waals surface area contributed by atoms with Crippen molar-refractivity contribution < 1.29 is 4.74 Å². The minimum absolute atomic E-state index is 0.703. The highest BCUT2D eigenvalue weighted by Gasteiger charge is 2.26. The molecule has 2 rings (SSSR count). The third-order valence-electron chi connectivity index (χ3n) is 4.81. The lowest BCUT2D eigenvalue weighted by Gasteiger charge is -2.27. The van der Waals surface area contributed by atoms with Crippen LogP contribution in [-0.2, 0) is 0 Å². The van der Waals surface area contributed by atoms with Crippen molar-refractivity contribution in [1.82, 2.24) is 5.32 Å². The minimum Gasteiger partial charge on any atom is -0.496 e. The Bertz CT molecular complexity index is 441. The lowest BCUT2D eigenvalue weighted by molar-refractivity contribution is 0.383. The summed E-state index contributed by atoms with van der Waals surface area (Å²) in [6, 6.07) is 4.58. The van der Waals surface area contributed by atoms with E-state index in [1.165, 1.54) is 43.2 Å². The van der Waals surface area contributed by atoms with Crippen LogP contribution < -0.4 is 10.1 Å². The summed E-state index contributed by atoms with van der Waals surface area (Å²) >= 11 is 0. The SMILES string of the molecule is CNCC1CCCCCC1c1cc(C)c(OC)cc1C. The van der Waals surface area contributed by atoms with Gasteiger partial charge in [0.15, 0.2) is 0 Å². The van der Waals surface area contributed by atoms with Gasteiger partial charge in [-0.05, 0) is 74.9 Å². The summed E-state index contributed by atoms with van der Waals surface area (Å²) in [6.07, 6.45) is 6.84. The van der Waals surface area contributed by atoms with E-state index in [1.807, 2.05) is 0 Å².